The smallest absolute Gasteiger partial charge is 0.260 e. The van der Waals surface area contributed by atoms with Crippen molar-refractivity contribution in [3.05, 3.63) is 74.6 Å². The van der Waals surface area contributed by atoms with E-state index in [1.54, 1.807) is 36.4 Å². The highest BCUT2D eigenvalue weighted by Crippen LogP contribution is 2.20. The highest BCUT2D eigenvalue weighted by atomic mass is 35.5. The first-order valence-corrected chi connectivity index (χ1v) is 9.27. The van der Waals surface area contributed by atoms with Crippen molar-refractivity contribution >= 4 is 33.4 Å². The molecule has 0 saturated carbocycles. The van der Waals surface area contributed by atoms with Crippen LogP contribution in [-0.2, 0) is 20.4 Å². The number of hydrogen-bond donors (Lipinski definition) is 1. The van der Waals surface area contributed by atoms with E-state index in [1.807, 2.05) is 19.9 Å². The first-order valence-electron chi connectivity index (χ1n) is 7.24. The summed E-state index contributed by atoms with van der Waals surface area (Å²) in [5, 5.41) is 0.511. The number of halogens is 1. The Balaban J connectivity index is 2.43. The third kappa shape index (κ3) is 4.69. The van der Waals surface area contributed by atoms with Crippen molar-refractivity contribution in [2.24, 2.45) is 5.73 Å². The fourth-order valence-corrected chi connectivity index (χ4v) is 3.97. The summed E-state index contributed by atoms with van der Waals surface area (Å²) in [6.45, 7) is 3.80. The van der Waals surface area contributed by atoms with Crippen molar-refractivity contribution in [2.45, 2.75) is 19.6 Å². The molecule has 0 unspecified atom stereocenters. The second-order valence-electron chi connectivity index (χ2n) is 5.68. The molecule has 2 aromatic rings. The maximum Gasteiger partial charge on any atom is 0.260 e. The van der Waals surface area contributed by atoms with Crippen LogP contribution in [0.3, 0.4) is 0 Å². The van der Waals surface area contributed by atoms with Crippen LogP contribution in [-0.4, -0.2) is 14.3 Å². The topological polar surface area (TPSA) is 77.2 Å². The minimum absolute atomic E-state index is 0.316. The molecule has 0 aliphatic heterocycles. The molecule has 0 spiro atoms. The number of rotatable bonds is 5. The number of carbonyl (C=O) groups excluding carboxylic acids is 1. The second-order valence-corrected chi connectivity index (χ2v) is 8.07. The molecule has 24 heavy (non-hydrogen) atoms. The van der Waals surface area contributed by atoms with Crippen LogP contribution >= 0.6 is 11.6 Å². The average Bonchev–Trinajstić information content (AvgIpc) is 2.45. The maximum atomic E-state index is 12.6. The van der Waals surface area contributed by atoms with E-state index in [0.29, 0.717) is 16.1 Å². The van der Waals surface area contributed by atoms with Gasteiger partial charge in [-0.3, -0.25) is 4.79 Å². The Morgan fingerprint density at radius 3 is 2.12 bits per heavy atom. The minimum Gasteiger partial charge on any atom is -0.365 e. The van der Waals surface area contributed by atoms with Gasteiger partial charge in [0.2, 0.25) is 0 Å². The molecule has 2 aromatic carbocycles. The maximum absolute atomic E-state index is 12.6. The second kappa shape index (κ2) is 7.20. The van der Waals surface area contributed by atoms with Crippen LogP contribution in [0.15, 0.2) is 47.4 Å². The van der Waals surface area contributed by atoms with E-state index in [-0.39, 0.29) is 5.75 Å². The van der Waals surface area contributed by atoms with Crippen LogP contribution in [0, 0.1) is 13.8 Å². The molecule has 0 bridgehead atoms. The Hall–Kier alpha value is -2.11. The van der Waals surface area contributed by atoms with Crippen molar-refractivity contribution in [3.63, 3.8) is 0 Å². The fraction of sp³-hybridized carbons (Fsp3) is 0.167. The van der Waals surface area contributed by atoms with Crippen molar-refractivity contribution in [1.29, 1.82) is 0 Å². The fourth-order valence-electron chi connectivity index (χ4n) is 2.44. The Bertz CT molecular complexity index is 880. The van der Waals surface area contributed by atoms with Crippen LogP contribution in [0.25, 0.3) is 6.08 Å². The zero-order chi connectivity index (χ0) is 17.9. The molecule has 0 radical (unpaired) electrons. The first kappa shape index (κ1) is 18.2. The Labute approximate surface area is 146 Å². The molecule has 126 valence electrons. The van der Waals surface area contributed by atoms with Gasteiger partial charge < -0.3 is 5.73 Å². The summed E-state index contributed by atoms with van der Waals surface area (Å²) >= 11 is 5.80. The zero-order valence-corrected chi connectivity index (χ0v) is 15.0. The van der Waals surface area contributed by atoms with Crippen LogP contribution in [0.1, 0.15) is 22.3 Å². The molecule has 6 heteroatoms. The van der Waals surface area contributed by atoms with Gasteiger partial charge in [0, 0.05) is 5.02 Å². The summed E-state index contributed by atoms with van der Waals surface area (Å²) in [7, 11) is -3.87. The van der Waals surface area contributed by atoms with Crippen molar-refractivity contribution in [2.75, 3.05) is 0 Å². The standard InChI is InChI=1S/C18H18ClNO3S/c1-12-7-13(2)9-15(8-12)10-17(18(20)21)24(22,23)11-14-3-5-16(19)6-4-14/h3-10H,11H2,1-2H3,(H2,20,21)/b17-10+. The molecule has 0 fully saturated rings. The van der Waals surface area contributed by atoms with Gasteiger partial charge in [0.1, 0.15) is 4.91 Å². The summed E-state index contributed by atoms with van der Waals surface area (Å²) in [6, 6.07) is 12.0. The van der Waals surface area contributed by atoms with E-state index in [4.69, 9.17) is 17.3 Å². The Morgan fingerprint density at radius 1 is 1.08 bits per heavy atom. The lowest BCUT2D eigenvalue weighted by Crippen LogP contribution is -2.22. The third-order valence-electron chi connectivity index (χ3n) is 3.39. The molecule has 0 aliphatic carbocycles. The highest BCUT2D eigenvalue weighted by molar-refractivity contribution is 7.95. The number of carbonyl (C=O) groups is 1. The average molecular weight is 364 g/mol. The molecule has 2 N–H and O–H groups in total. The van der Waals surface area contributed by atoms with Crippen LogP contribution in [0.2, 0.25) is 5.02 Å². The van der Waals surface area contributed by atoms with Crippen molar-refractivity contribution < 1.29 is 13.2 Å². The number of amides is 1. The summed E-state index contributed by atoms with van der Waals surface area (Å²) in [5.41, 5.74) is 8.42. The molecular formula is C18H18ClNO3S. The van der Waals surface area contributed by atoms with Gasteiger partial charge in [0.25, 0.3) is 5.91 Å². The zero-order valence-electron chi connectivity index (χ0n) is 13.4. The lowest BCUT2D eigenvalue weighted by Gasteiger charge is -2.08. The van der Waals surface area contributed by atoms with Gasteiger partial charge in [-0.1, -0.05) is 53.1 Å². The third-order valence-corrected chi connectivity index (χ3v) is 5.34. The molecule has 4 nitrogen and oxygen atoms in total. The number of primary amides is 1. The summed E-state index contributed by atoms with van der Waals surface area (Å²) in [5.74, 6) is -1.29. The molecule has 0 aromatic heterocycles. The molecule has 1 amide bonds. The van der Waals surface area contributed by atoms with Gasteiger partial charge in [-0.05, 0) is 43.2 Å². The van der Waals surface area contributed by atoms with E-state index in [2.05, 4.69) is 0 Å². The lowest BCUT2D eigenvalue weighted by molar-refractivity contribution is -0.113. The van der Waals surface area contributed by atoms with Crippen molar-refractivity contribution in [1.82, 2.24) is 0 Å². The van der Waals surface area contributed by atoms with Gasteiger partial charge in [-0.15, -0.1) is 0 Å². The quantitative estimate of drug-likeness (QED) is 0.827. The van der Waals surface area contributed by atoms with Crippen molar-refractivity contribution in [3.8, 4) is 0 Å². The predicted molar refractivity (Wildman–Crippen MR) is 97.2 cm³/mol. The molecular weight excluding hydrogens is 346 g/mol. The Kier molecular flexibility index (Phi) is 5.47. The minimum atomic E-state index is -3.87. The van der Waals surface area contributed by atoms with Crippen LogP contribution < -0.4 is 5.73 Å². The highest BCUT2D eigenvalue weighted by Gasteiger charge is 2.23. The van der Waals surface area contributed by atoms with Crippen LogP contribution in [0.5, 0.6) is 0 Å². The van der Waals surface area contributed by atoms with Gasteiger partial charge >= 0.3 is 0 Å². The molecule has 2 rings (SSSR count). The predicted octanol–water partition coefficient (Wildman–Crippen LogP) is 3.40. The van der Waals surface area contributed by atoms with E-state index in [0.717, 1.165) is 11.1 Å². The molecule has 0 atom stereocenters. The first-order chi connectivity index (χ1) is 11.2. The molecule has 0 heterocycles. The van der Waals surface area contributed by atoms with E-state index in [9.17, 15) is 13.2 Å². The summed E-state index contributed by atoms with van der Waals surface area (Å²) in [4.78, 5) is 11.3. The van der Waals surface area contributed by atoms with E-state index >= 15 is 0 Å². The van der Waals surface area contributed by atoms with Gasteiger partial charge in [-0.2, -0.15) is 0 Å². The van der Waals surface area contributed by atoms with E-state index < -0.39 is 20.6 Å². The summed E-state index contributed by atoms with van der Waals surface area (Å²) in [6.07, 6.45) is 1.33. The molecule has 0 aliphatic rings. The van der Waals surface area contributed by atoms with Gasteiger partial charge in [0.05, 0.1) is 5.75 Å². The normalized spacial score (nSPS) is 12.2. The van der Waals surface area contributed by atoms with Gasteiger partial charge in [-0.25, -0.2) is 8.42 Å². The largest absolute Gasteiger partial charge is 0.365 e. The SMILES string of the molecule is Cc1cc(C)cc(/C=C(\C(N)=O)S(=O)(=O)Cc2ccc(Cl)cc2)c1. The Morgan fingerprint density at radius 2 is 1.62 bits per heavy atom. The summed E-state index contributed by atoms with van der Waals surface area (Å²) < 4.78 is 25.2. The van der Waals surface area contributed by atoms with E-state index in [1.165, 1.54) is 6.08 Å². The number of nitrogens with two attached hydrogens (primary N) is 1. The van der Waals surface area contributed by atoms with Crippen LogP contribution in [0.4, 0.5) is 0 Å². The number of hydrogen-bond acceptors (Lipinski definition) is 3. The van der Waals surface area contributed by atoms with Gasteiger partial charge in [0.15, 0.2) is 9.84 Å². The number of benzene rings is 2. The monoisotopic (exact) mass is 363 g/mol. The number of sulfone groups is 1. The number of aryl methyl sites for hydroxylation is 2. The lowest BCUT2D eigenvalue weighted by atomic mass is 10.1. The molecule has 0 saturated heterocycles.